The molecular weight excluding hydrogens is 366 g/mol. The Labute approximate surface area is 170 Å². The van der Waals surface area contributed by atoms with Crippen molar-refractivity contribution in [3.8, 4) is 11.4 Å². The number of hydrogen-bond donors (Lipinski definition) is 3. The third kappa shape index (κ3) is 4.97. The van der Waals surface area contributed by atoms with Crippen LogP contribution >= 0.6 is 0 Å². The first-order chi connectivity index (χ1) is 14.0. The summed E-state index contributed by atoms with van der Waals surface area (Å²) in [6.45, 7) is 7.54. The highest BCUT2D eigenvalue weighted by atomic mass is 16.1. The molecule has 0 aliphatic heterocycles. The highest BCUT2D eigenvalue weighted by molar-refractivity contribution is 5.94. The van der Waals surface area contributed by atoms with E-state index in [1.807, 2.05) is 38.4 Å². The highest BCUT2D eigenvalue weighted by Crippen LogP contribution is 2.24. The molecule has 8 nitrogen and oxygen atoms in total. The van der Waals surface area contributed by atoms with E-state index in [9.17, 15) is 4.79 Å². The summed E-state index contributed by atoms with van der Waals surface area (Å²) in [4.78, 5) is 25.5. The molecule has 8 heteroatoms. The predicted molar refractivity (Wildman–Crippen MR) is 114 cm³/mol. The molecule has 3 rings (SSSR count). The van der Waals surface area contributed by atoms with Gasteiger partial charge in [-0.2, -0.15) is 0 Å². The molecule has 3 N–H and O–H groups in total. The molecule has 0 atom stereocenters. The van der Waals surface area contributed by atoms with Gasteiger partial charge in [-0.25, -0.2) is 15.0 Å². The lowest BCUT2D eigenvalue weighted by Crippen LogP contribution is -2.30. The fourth-order valence-electron chi connectivity index (χ4n) is 3.09. The predicted octanol–water partition coefficient (Wildman–Crippen LogP) is 2.92. The Balaban J connectivity index is 1.73. The van der Waals surface area contributed by atoms with Crippen molar-refractivity contribution in [2.75, 3.05) is 25.5 Å². The summed E-state index contributed by atoms with van der Waals surface area (Å²) < 4.78 is 2.15. The van der Waals surface area contributed by atoms with Gasteiger partial charge in [0, 0.05) is 36.6 Å². The van der Waals surface area contributed by atoms with Crippen LogP contribution in [0.15, 0.2) is 42.7 Å². The number of likely N-dealkylation sites (N-methyl/N-ethyl adjacent to an activating group) is 1. The monoisotopic (exact) mass is 393 g/mol. The Morgan fingerprint density at radius 3 is 2.55 bits per heavy atom. The van der Waals surface area contributed by atoms with E-state index >= 15 is 0 Å². The molecule has 152 valence electrons. The van der Waals surface area contributed by atoms with Crippen molar-refractivity contribution in [1.82, 2.24) is 30.2 Å². The average Bonchev–Trinajstić information content (AvgIpc) is 3.11. The highest BCUT2D eigenvalue weighted by Gasteiger charge is 2.13. The van der Waals surface area contributed by atoms with Gasteiger partial charge in [0.05, 0.1) is 17.6 Å². The van der Waals surface area contributed by atoms with Crippen LogP contribution in [0, 0.1) is 6.92 Å². The number of hydrogen-bond acceptors (Lipinski definition) is 6. The number of nitrogens with zero attached hydrogens (tertiary/aromatic N) is 4. The van der Waals surface area contributed by atoms with Crippen molar-refractivity contribution in [3.63, 3.8) is 0 Å². The molecule has 2 heterocycles. The van der Waals surface area contributed by atoms with Gasteiger partial charge in [-0.3, -0.25) is 4.79 Å². The first-order valence-electron chi connectivity index (χ1n) is 9.66. The van der Waals surface area contributed by atoms with E-state index < -0.39 is 0 Å². The first kappa shape index (κ1) is 20.5. The molecular formula is C21H27N7O. The summed E-state index contributed by atoms with van der Waals surface area (Å²) in [5, 5.41) is 9.04. The molecule has 0 fully saturated rings. The van der Waals surface area contributed by atoms with Crippen LogP contribution in [0.5, 0.6) is 0 Å². The number of aromatic nitrogens is 4. The lowest BCUT2D eigenvalue weighted by molar-refractivity contribution is 0.0954. The minimum Gasteiger partial charge on any atom is -0.351 e. The molecule has 1 amide bonds. The quantitative estimate of drug-likeness (QED) is 0.509. The third-order valence-corrected chi connectivity index (χ3v) is 4.48. The zero-order chi connectivity index (χ0) is 20.8. The van der Waals surface area contributed by atoms with Crippen molar-refractivity contribution < 1.29 is 4.79 Å². The van der Waals surface area contributed by atoms with Crippen LogP contribution in [0.1, 0.15) is 36.1 Å². The summed E-state index contributed by atoms with van der Waals surface area (Å²) in [6, 6.07) is 9.39. The van der Waals surface area contributed by atoms with Gasteiger partial charge >= 0.3 is 0 Å². The second-order valence-electron chi connectivity index (χ2n) is 6.98. The molecule has 0 saturated heterocycles. The van der Waals surface area contributed by atoms with Crippen molar-refractivity contribution in [2.45, 2.75) is 26.8 Å². The van der Waals surface area contributed by atoms with Crippen LogP contribution in [-0.2, 0) is 0 Å². The minimum absolute atomic E-state index is 0.0950. The summed E-state index contributed by atoms with van der Waals surface area (Å²) in [6.07, 6.45) is 3.56. The number of anilines is 2. The second kappa shape index (κ2) is 9.29. The Morgan fingerprint density at radius 1 is 1.10 bits per heavy atom. The first-order valence-corrected chi connectivity index (χ1v) is 9.66. The van der Waals surface area contributed by atoms with Gasteiger partial charge in [0.2, 0.25) is 5.95 Å². The summed E-state index contributed by atoms with van der Waals surface area (Å²) in [5.41, 5.74) is 3.17. The topological polar surface area (TPSA) is 96.8 Å². The third-order valence-electron chi connectivity index (χ3n) is 4.48. The Bertz CT molecular complexity index is 963. The number of rotatable bonds is 8. The van der Waals surface area contributed by atoms with E-state index in [0.29, 0.717) is 18.1 Å². The Hall–Kier alpha value is -3.26. The average molecular weight is 393 g/mol. The number of carbonyl (C=O) groups excluding carboxylic acids is 1. The second-order valence-corrected chi connectivity index (χ2v) is 6.98. The molecule has 0 spiro atoms. The standard InChI is InChI=1S/C21H27N7O/c1-14(2)28-15(3)25-13-19(28)18-9-10-24-21(27-18)26-17-7-5-16(6-8-17)20(29)23-12-11-22-4/h5-10,13-14,22H,11-12H2,1-4H3,(H,23,29)(H,24,26,27). The molecule has 0 saturated carbocycles. The van der Waals surface area contributed by atoms with E-state index in [2.05, 4.69) is 49.3 Å². The molecule has 0 aliphatic rings. The zero-order valence-corrected chi connectivity index (χ0v) is 17.2. The number of amides is 1. The normalized spacial score (nSPS) is 10.9. The molecule has 29 heavy (non-hydrogen) atoms. The summed E-state index contributed by atoms with van der Waals surface area (Å²) >= 11 is 0. The Morgan fingerprint density at radius 2 is 1.86 bits per heavy atom. The maximum absolute atomic E-state index is 12.1. The van der Waals surface area contributed by atoms with Crippen molar-refractivity contribution >= 4 is 17.5 Å². The number of benzene rings is 1. The number of aryl methyl sites for hydroxylation is 1. The number of imidazole rings is 1. The van der Waals surface area contributed by atoms with Crippen LogP contribution < -0.4 is 16.0 Å². The fourth-order valence-corrected chi connectivity index (χ4v) is 3.09. The van der Waals surface area contributed by atoms with Crippen LogP contribution in [0.3, 0.4) is 0 Å². The summed E-state index contributed by atoms with van der Waals surface area (Å²) in [7, 11) is 1.85. The van der Waals surface area contributed by atoms with E-state index in [-0.39, 0.29) is 11.9 Å². The zero-order valence-electron chi connectivity index (χ0n) is 17.2. The molecule has 0 bridgehead atoms. The van der Waals surface area contributed by atoms with Crippen molar-refractivity contribution in [3.05, 3.63) is 54.1 Å². The van der Waals surface area contributed by atoms with Crippen LogP contribution in [-0.4, -0.2) is 45.6 Å². The molecule has 2 aromatic heterocycles. The smallest absolute Gasteiger partial charge is 0.251 e. The van der Waals surface area contributed by atoms with Crippen LogP contribution in [0.4, 0.5) is 11.6 Å². The molecule has 0 unspecified atom stereocenters. The van der Waals surface area contributed by atoms with Gasteiger partial charge < -0.3 is 20.5 Å². The maximum Gasteiger partial charge on any atom is 0.251 e. The minimum atomic E-state index is -0.0950. The lowest BCUT2D eigenvalue weighted by Gasteiger charge is -2.14. The number of carbonyl (C=O) groups is 1. The van der Waals surface area contributed by atoms with Crippen LogP contribution in [0.25, 0.3) is 11.4 Å². The van der Waals surface area contributed by atoms with E-state index in [0.717, 1.165) is 29.4 Å². The summed E-state index contributed by atoms with van der Waals surface area (Å²) in [5.74, 6) is 1.34. The van der Waals surface area contributed by atoms with Gasteiger partial charge in [0.25, 0.3) is 5.91 Å². The maximum atomic E-state index is 12.1. The molecule has 0 aliphatic carbocycles. The lowest BCUT2D eigenvalue weighted by atomic mass is 10.2. The van der Waals surface area contributed by atoms with Crippen molar-refractivity contribution in [1.29, 1.82) is 0 Å². The van der Waals surface area contributed by atoms with E-state index in [1.54, 1.807) is 18.3 Å². The molecule has 1 aromatic carbocycles. The molecule has 3 aromatic rings. The number of nitrogens with one attached hydrogen (secondary N) is 3. The van der Waals surface area contributed by atoms with Gasteiger partial charge in [0.15, 0.2) is 0 Å². The largest absolute Gasteiger partial charge is 0.351 e. The van der Waals surface area contributed by atoms with E-state index in [4.69, 9.17) is 0 Å². The van der Waals surface area contributed by atoms with E-state index in [1.165, 1.54) is 0 Å². The SMILES string of the molecule is CNCCNC(=O)c1ccc(Nc2nccc(-c3cnc(C)n3C(C)C)n2)cc1. The van der Waals surface area contributed by atoms with Gasteiger partial charge in [0.1, 0.15) is 5.82 Å². The van der Waals surface area contributed by atoms with Gasteiger partial charge in [-0.1, -0.05) is 0 Å². The van der Waals surface area contributed by atoms with Gasteiger partial charge in [-0.05, 0) is 58.2 Å². The van der Waals surface area contributed by atoms with Crippen LogP contribution in [0.2, 0.25) is 0 Å². The molecule has 0 radical (unpaired) electrons. The fraction of sp³-hybridized carbons (Fsp3) is 0.333. The van der Waals surface area contributed by atoms with Gasteiger partial charge in [-0.15, -0.1) is 0 Å². The van der Waals surface area contributed by atoms with Crippen molar-refractivity contribution in [2.24, 2.45) is 0 Å². The Kier molecular flexibility index (Phi) is 6.56.